The quantitative estimate of drug-likeness (QED) is 0.532. The Morgan fingerprint density at radius 2 is 1.59 bits per heavy atom. The molecule has 4 rings (SSSR count). The molecule has 1 aliphatic rings. The van der Waals surface area contributed by atoms with Gasteiger partial charge in [0, 0.05) is 36.4 Å². The number of rotatable bonds is 5. The molecule has 0 fully saturated rings. The van der Waals surface area contributed by atoms with Gasteiger partial charge in [-0.2, -0.15) is 17.6 Å². The summed E-state index contributed by atoms with van der Waals surface area (Å²) in [5.41, 5.74) is 1.05. The summed E-state index contributed by atoms with van der Waals surface area (Å²) in [5, 5.41) is 5.41. The minimum atomic E-state index is -4.89. The van der Waals surface area contributed by atoms with E-state index in [2.05, 4.69) is 25.1 Å². The van der Waals surface area contributed by atoms with E-state index in [1.165, 1.54) is 6.07 Å². The molecule has 0 bridgehead atoms. The number of hydrogen-bond acceptors (Lipinski definition) is 5. The number of aromatic nitrogens is 1. The van der Waals surface area contributed by atoms with Gasteiger partial charge in [-0.25, -0.2) is 4.39 Å². The molecule has 0 unspecified atom stereocenters. The second-order valence-electron chi connectivity index (χ2n) is 6.75. The van der Waals surface area contributed by atoms with E-state index in [9.17, 15) is 26.7 Å². The van der Waals surface area contributed by atoms with Gasteiger partial charge in [-0.1, -0.05) is 0 Å². The van der Waals surface area contributed by atoms with Crippen molar-refractivity contribution >= 4 is 17.3 Å². The number of ether oxygens (including phenoxy) is 2. The first kappa shape index (κ1) is 21.3. The first-order chi connectivity index (χ1) is 15.1. The lowest BCUT2D eigenvalue weighted by atomic mass is 10.1. The van der Waals surface area contributed by atoms with Crippen LogP contribution in [0.5, 0.6) is 11.5 Å². The summed E-state index contributed by atoms with van der Waals surface area (Å²) < 4.78 is 75.2. The third-order valence-electron chi connectivity index (χ3n) is 4.48. The summed E-state index contributed by atoms with van der Waals surface area (Å²) in [4.78, 5) is 16.6. The molecule has 1 amide bonds. The number of carbonyl (C=O) groups is 1. The normalized spacial score (nSPS) is 15.7. The Bertz CT molecular complexity index is 1160. The van der Waals surface area contributed by atoms with Gasteiger partial charge in [-0.3, -0.25) is 9.78 Å². The van der Waals surface area contributed by atoms with Crippen LogP contribution >= 0.6 is 0 Å². The van der Waals surface area contributed by atoms with E-state index in [0.29, 0.717) is 12.2 Å². The van der Waals surface area contributed by atoms with Crippen molar-refractivity contribution in [3.63, 3.8) is 0 Å². The van der Waals surface area contributed by atoms with Crippen LogP contribution in [0.1, 0.15) is 15.9 Å². The fourth-order valence-electron chi connectivity index (χ4n) is 2.90. The topological polar surface area (TPSA) is 72.5 Å². The number of benzene rings is 2. The van der Waals surface area contributed by atoms with Gasteiger partial charge >= 0.3 is 12.2 Å². The van der Waals surface area contributed by atoms with E-state index in [-0.39, 0.29) is 11.3 Å². The highest BCUT2D eigenvalue weighted by molar-refractivity contribution is 6.08. The number of fused-ring (bicyclic) bond motifs is 1. The van der Waals surface area contributed by atoms with Gasteiger partial charge < -0.3 is 20.1 Å². The Morgan fingerprint density at radius 3 is 2.31 bits per heavy atom. The second kappa shape index (κ2) is 7.98. The molecule has 0 saturated heterocycles. The van der Waals surface area contributed by atoms with E-state index in [1.54, 1.807) is 24.5 Å². The van der Waals surface area contributed by atoms with Crippen molar-refractivity contribution in [1.82, 2.24) is 4.98 Å². The Morgan fingerprint density at radius 1 is 0.906 bits per heavy atom. The molecule has 6 nitrogen and oxygen atoms in total. The number of nitrogens with zero attached hydrogens (tertiary/aromatic N) is 1. The molecule has 0 radical (unpaired) electrons. The van der Waals surface area contributed by atoms with Crippen LogP contribution in [0.15, 0.2) is 60.9 Å². The van der Waals surface area contributed by atoms with Gasteiger partial charge in [0.05, 0.1) is 5.56 Å². The average Bonchev–Trinajstić information content (AvgIpc) is 2.74. The molecule has 1 aliphatic heterocycles. The molecule has 0 saturated carbocycles. The Hall–Kier alpha value is -3.89. The summed E-state index contributed by atoms with van der Waals surface area (Å²) in [6.07, 6.45) is -6.55. The molecule has 32 heavy (non-hydrogen) atoms. The van der Waals surface area contributed by atoms with Crippen LogP contribution in [0.3, 0.4) is 0 Å². The number of halogens is 5. The molecule has 0 atom stereocenters. The largest absolute Gasteiger partial charge is 0.507 e. The minimum Gasteiger partial charge on any atom is -0.421 e. The van der Waals surface area contributed by atoms with Crippen molar-refractivity contribution in [1.29, 1.82) is 0 Å². The zero-order valence-electron chi connectivity index (χ0n) is 16.0. The molecular formula is C21H14F5N3O3. The van der Waals surface area contributed by atoms with E-state index in [4.69, 9.17) is 0 Å². The zero-order valence-corrected chi connectivity index (χ0v) is 16.0. The predicted octanol–water partition coefficient (Wildman–Crippen LogP) is 5.04. The molecule has 11 heteroatoms. The summed E-state index contributed by atoms with van der Waals surface area (Å²) in [7, 11) is 0. The van der Waals surface area contributed by atoms with Gasteiger partial charge in [-0.05, 0) is 48.0 Å². The number of hydrogen-bond donors (Lipinski definition) is 2. The van der Waals surface area contributed by atoms with Crippen LogP contribution < -0.4 is 20.1 Å². The molecule has 2 heterocycles. The molecule has 2 N–H and O–H groups in total. The predicted molar refractivity (Wildman–Crippen MR) is 104 cm³/mol. The van der Waals surface area contributed by atoms with E-state index in [0.717, 1.165) is 35.9 Å². The van der Waals surface area contributed by atoms with Crippen LogP contribution in [0.4, 0.5) is 33.3 Å². The van der Waals surface area contributed by atoms with Gasteiger partial charge in [0.25, 0.3) is 5.91 Å². The Kier molecular flexibility index (Phi) is 5.33. The first-order valence-corrected chi connectivity index (χ1v) is 9.16. The van der Waals surface area contributed by atoms with Crippen LogP contribution in [0.25, 0.3) is 0 Å². The summed E-state index contributed by atoms with van der Waals surface area (Å²) in [6, 6.07) is 10.0. The van der Waals surface area contributed by atoms with Crippen molar-refractivity contribution in [3.8, 4) is 11.5 Å². The van der Waals surface area contributed by atoms with Crippen LogP contribution in [0.2, 0.25) is 0 Å². The number of anilines is 2. The fourth-order valence-corrected chi connectivity index (χ4v) is 2.90. The Balaban J connectivity index is 1.54. The highest BCUT2D eigenvalue weighted by atomic mass is 19.3. The monoisotopic (exact) mass is 451 g/mol. The number of amides is 1. The fraction of sp³-hybridized carbons (Fsp3) is 0.143. The molecule has 0 aliphatic carbocycles. The summed E-state index contributed by atoms with van der Waals surface area (Å²) >= 11 is 0. The van der Waals surface area contributed by atoms with Crippen molar-refractivity contribution in [2.24, 2.45) is 0 Å². The van der Waals surface area contributed by atoms with E-state index >= 15 is 0 Å². The first-order valence-electron chi connectivity index (χ1n) is 9.16. The lowest BCUT2D eigenvalue weighted by molar-refractivity contribution is -0.391. The van der Waals surface area contributed by atoms with Crippen LogP contribution in [-0.4, -0.2) is 23.1 Å². The number of alkyl halides is 4. The third kappa shape index (κ3) is 4.27. The molecule has 0 spiro atoms. The summed E-state index contributed by atoms with van der Waals surface area (Å²) in [5.74, 6) is -2.75. The van der Waals surface area contributed by atoms with Gasteiger partial charge in [0.15, 0.2) is 11.5 Å². The standard InChI is InChI=1S/C21H14F5N3O3/c22-13-1-3-16(28-11-12-5-7-27-8-6-12)15(9-13)19(30)29-14-2-4-17-18(10-14)32-21(25,26)20(23,24)31-17/h1-10,28H,11H2,(H,29,30). The maximum absolute atomic E-state index is 13.8. The molecule has 1 aromatic heterocycles. The lowest BCUT2D eigenvalue weighted by Crippen LogP contribution is -2.52. The third-order valence-corrected chi connectivity index (χ3v) is 4.48. The second-order valence-corrected chi connectivity index (χ2v) is 6.75. The Labute approximate surface area is 178 Å². The lowest BCUT2D eigenvalue weighted by Gasteiger charge is -2.31. The number of nitrogens with one attached hydrogen (secondary N) is 2. The maximum Gasteiger partial charge on any atom is 0.507 e. The molecule has 166 valence electrons. The van der Waals surface area contributed by atoms with E-state index in [1.807, 2.05) is 0 Å². The van der Waals surface area contributed by atoms with Crippen molar-refractivity contribution in [2.75, 3.05) is 10.6 Å². The van der Waals surface area contributed by atoms with E-state index < -0.39 is 35.4 Å². The highest BCUT2D eigenvalue weighted by Crippen LogP contribution is 2.47. The smallest absolute Gasteiger partial charge is 0.421 e. The number of pyridine rings is 1. The van der Waals surface area contributed by atoms with Crippen molar-refractivity contribution in [2.45, 2.75) is 18.8 Å². The molecule has 2 aromatic carbocycles. The highest BCUT2D eigenvalue weighted by Gasteiger charge is 2.65. The molecular weight excluding hydrogens is 437 g/mol. The van der Waals surface area contributed by atoms with Crippen LogP contribution in [0, 0.1) is 5.82 Å². The van der Waals surface area contributed by atoms with Gasteiger partial charge in [-0.15, -0.1) is 0 Å². The average molecular weight is 451 g/mol. The maximum atomic E-state index is 13.8. The van der Waals surface area contributed by atoms with Crippen molar-refractivity contribution in [3.05, 3.63) is 77.9 Å². The molecule has 3 aromatic rings. The number of carbonyl (C=O) groups excluding carboxylic acids is 1. The summed E-state index contributed by atoms with van der Waals surface area (Å²) in [6.45, 7) is 0.321. The van der Waals surface area contributed by atoms with Crippen molar-refractivity contribution < 1.29 is 36.2 Å². The van der Waals surface area contributed by atoms with Gasteiger partial charge in [0.2, 0.25) is 0 Å². The minimum absolute atomic E-state index is 0.0530. The van der Waals surface area contributed by atoms with Gasteiger partial charge in [0.1, 0.15) is 5.82 Å². The SMILES string of the molecule is O=C(Nc1ccc2c(c1)OC(F)(F)C(F)(F)O2)c1cc(F)ccc1NCc1ccncc1. The van der Waals surface area contributed by atoms with Crippen LogP contribution in [-0.2, 0) is 6.54 Å². The zero-order chi connectivity index (χ0) is 22.9.